The molecule has 1 fully saturated rings. The van der Waals surface area contributed by atoms with Crippen molar-refractivity contribution >= 4 is 16.8 Å². The molecule has 1 aliphatic rings. The molecular formula is C14H17FN4O. The van der Waals surface area contributed by atoms with E-state index in [1.165, 1.54) is 6.07 Å². The molecule has 2 heterocycles. The van der Waals surface area contributed by atoms with Gasteiger partial charge in [0.25, 0.3) is 5.91 Å². The standard InChI is InChI=1S/C14H17FN4O/c1-19-7-3-4-9(19)8-16-14(20)13-10-5-2-6-11(15)12(10)17-18-13/h2,5-6,9H,3-4,7-8H2,1H3,(H,16,20)(H,17,18)/t9-/m1/s1. The molecule has 0 unspecified atom stereocenters. The van der Waals surface area contributed by atoms with Crippen molar-refractivity contribution in [3.63, 3.8) is 0 Å². The summed E-state index contributed by atoms with van der Waals surface area (Å²) in [5.41, 5.74) is 0.524. The summed E-state index contributed by atoms with van der Waals surface area (Å²) in [6, 6.07) is 4.99. The van der Waals surface area contributed by atoms with Crippen LogP contribution in [-0.2, 0) is 0 Å². The summed E-state index contributed by atoms with van der Waals surface area (Å²) >= 11 is 0. The van der Waals surface area contributed by atoms with Crippen LogP contribution in [0.2, 0.25) is 0 Å². The van der Waals surface area contributed by atoms with Gasteiger partial charge in [-0.1, -0.05) is 12.1 Å². The van der Waals surface area contributed by atoms with Crippen molar-refractivity contribution in [3.05, 3.63) is 29.7 Å². The lowest BCUT2D eigenvalue weighted by molar-refractivity contribution is 0.0940. The molecule has 1 aliphatic heterocycles. The molecule has 1 saturated heterocycles. The van der Waals surface area contributed by atoms with Gasteiger partial charge in [0.15, 0.2) is 5.69 Å². The van der Waals surface area contributed by atoms with Crippen molar-refractivity contribution in [3.8, 4) is 0 Å². The molecule has 1 aromatic heterocycles. The van der Waals surface area contributed by atoms with Crippen LogP contribution < -0.4 is 5.32 Å². The molecule has 0 aliphatic carbocycles. The normalized spacial score (nSPS) is 19.6. The van der Waals surface area contributed by atoms with E-state index in [1.807, 2.05) is 0 Å². The van der Waals surface area contributed by atoms with Crippen LogP contribution in [0.3, 0.4) is 0 Å². The third kappa shape index (κ3) is 2.27. The first-order chi connectivity index (χ1) is 9.66. The van der Waals surface area contributed by atoms with Crippen molar-refractivity contribution in [2.24, 2.45) is 0 Å². The van der Waals surface area contributed by atoms with Crippen molar-refractivity contribution in [1.29, 1.82) is 0 Å². The molecule has 5 nitrogen and oxygen atoms in total. The van der Waals surface area contributed by atoms with Crippen molar-refractivity contribution in [1.82, 2.24) is 20.4 Å². The monoisotopic (exact) mass is 276 g/mol. The number of nitrogens with one attached hydrogen (secondary N) is 2. The van der Waals surface area contributed by atoms with E-state index in [2.05, 4.69) is 27.5 Å². The van der Waals surface area contributed by atoms with Gasteiger partial charge in [-0.05, 0) is 32.5 Å². The second kappa shape index (κ2) is 5.20. The lowest BCUT2D eigenvalue weighted by Gasteiger charge is -2.19. The number of aromatic nitrogens is 2. The number of H-pyrrole nitrogens is 1. The Bertz CT molecular complexity index is 639. The molecule has 2 N–H and O–H groups in total. The van der Waals surface area contributed by atoms with E-state index >= 15 is 0 Å². The topological polar surface area (TPSA) is 61.0 Å². The minimum atomic E-state index is -0.399. The predicted octanol–water partition coefficient (Wildman–Crippen LogP) is 1.53. The molecule has 3 rings (SSSR count). The van der Waals surface area contributed by atoms with Crippen LogP contribution in [0.25, 0.3) is 10.9 Å². The van der Waals surface area contributed by atoms with Gasteiger partial charge < -0.3 is 10.2 Å². The van der Waals surface area contributed by atoms with Crippen LogP contribution in [0.15, 0.2) is 18.2 Å². The number of carbonyl (C=O) groups is 1. The molecule has 1 amide bonds. The van der Waals surface area contributed by atoms with Crippen LogP contribution in [-0.4, -0.2) is 47.2 Å². The van der Waals surface area contributed by atoms with E-state index in [-0.39, 0.29) is 17.1 Å². The van der Waals surface area contributed by atoms with Gasteiger partial charge in [-0.25, -0.2) is 4.39 Å². The summed E-state index contributed by atoms with van der Waals surface area (Å²) in [4.78, 5) is 14.4. The van der Waals surface area contributed by atoms with Gasteiger partial charge in [-0.2, -0.15) is 5.10 Å². The second-order valence-corrected chi connectivity index (χ2v) is 5.22. The molecule has 2 aromatic rings. The predicted molar refractivity (Wildman–Crippen MR) is 74.0 cm³/mol. The Morgan fingerprint density at radius 3 is 3.20 bits per heavy atom. The molecule has 6 heteroatoms. The fourth-order valence-corrected chi connectivity index (χ4v) is 2.71. The first-order valence-electron chi connectivity index (χ1n) is 6.78. The van der Waals surface area contributed by atoms with Gasteiger partial charge in [-0.15, -0.1) is 0 Å². The second-order valence-electron chi connectivity index (χ2n) is 5.22. The minimum absolute atomic E-state index is 0.250. The highest BCUT2D eigenvalue weighted by Gasteiger charge is 2.22. The van der Waals surface area contributed by atoms with Crippen LogP contribution >= 0.6 is 0 Å². The zero-order valence-electron chi connectivity index (χ0n) is 11.3. The number of para-hydroxylation sites is 1. The van der Waals surface area contributed by atoms with Gasteiger partial charge >= 0.3 is 0 Å². The Morgan fingerprint density at radius 1 is 1.60 bits per heavy atom. The number of likely N-dealkylation sites (tertiary alicyclic amines) is 1. The summed E-state index contributed by atoms with van der Waals surface area (Å²) in [5, 5.41) is 9.91. The average molecular weight is 276 g/mol. The Kier molecular flexibility index (Phi) is 3.40. The highest BCUT2D eigenvalue weighted by Crippen LogP contribution is 2.19. The first-order valence-corrected chi connectivity index (χ1v) is 6.78. The molecule has 0 radical (unpaired) electrons. The number of carbonyl (C=O) groups excluding carboxylic acids is 1. The third-order valence-corrected chi connectivity index (χ3v) is 3.93. The zero-order valence-corrected chi connectivity index (χ0v) is 11.3. The summed E-state index contributed by atoms with van der Waals surface area (Å²) in [6.07, 6.45) is 2.25. The van der Waals surface area contributed by atoms with Crippen LogP contribution in [0.4, 0.5) is 4.39 Å². The molecule has 0 saturated carbocycles. The van der Waals surface area contributed by atoms with Gasteiger partial charge in [-0.3, -0.25) is 9.89 Å². The highest BCUT2D eigenvalue weighted by molar-refractivity contribution is 6.04. The van der Waals surface area contributed by atoms with Gasteiger partial charge in [0.05, 0.1) is 0 Å². The molecule has 1 aromatic carbocycles. The summed E-state index contributed by atoms with van der Waals surface area (Å²) < 4.78 is 13.5. The number of benzene rings is 1. The van der Waals surface area contributed by atoms with Gasteiger partial charge in [0, 0.05) is 18.0 Å². The molecule has 106 valence electrons. The largest absolute Gasteiger partial charge is 0.349 e. The highest BCUT2D eigenvalue weighted by atomic mass is 19.1. The number of hydrogen-bond donors (Lipinski definition) is 2. The van der Waals surface area contributed by atoms with Gasteiger partial charge in [0.2, 0.25) is 0 Å². The SMILES string of the molecule is CN1CCC[C@@H]1CNC(=O)c1n[nH]c2c(F)cccc12. The van der Waals surface area contributed by atoms with Gasteiger partial charge in [0.1, 0.15) is 11.3 Å². The lowest BCUT2D eigenvalue weighted by Crippen LogP contribution is -2.38. The summed E-state index contributed by atoms with van der Waals surface area (Å²) in [6.45, 7) is 1.66. The van der Waals surface area contributed by atoms with E-state index in [1.54, 1.807) is 12.1 Å². The number of rotatable bonds is 3. The Morgan fingerprint density at radius 2 is 2.45 bits per heavy atom. The number of hydrogen-bond acceptors (Lipinski definition) is 3. The number of likely N-dealkylation sites (N-methyl/N-ethyl adjacent to an activating group) is 1. The Hall–Kier alpha value is -1.95. The van der Waals surface area contributed by atoms with Crippen molar-refractivity contribution < 1.29 is 9.18 Å². The fourth-order valence-electron chi connectivity index (χ4n) is 2.71. The lowest BCUT2D eigenvalue weighted by atomic mass is 10.2. The minimum Gasteiger partial charge on any atom is -0.349 e. The molecule has 1 atom stereocenters. The van der Waals surface area contributed by atoms with E-state index in [4.69, 9.17) is 0 Å². The van der Waals surface area contributed by atoms with Crippen LogP contribution in [0.5, 0.6) is 0 Å². The van der Waals surface area contributed by atoms with Crippen LogP contribution in [0, 0.1) is 5.82 Å². The molecule has 0 bridgehead atoms. The number of halogens is 1. The van der Waals surface area contributed by atoms with Crippen LogP contribution in [0.1, 0.15) is 23.3 Å². The average Bonchev–Trinajstić information content (AvgIpc) is 3.03. The van der Waals surface area contributed by atoms with E-state index < -0.39 is 5.82 Å². The first kappa shape index (κ1) is 13.1. The maximum atomic E-state index is 13.5. The third-order valence-electron chi connectivity index (χ3n) is 3.93. The number of aromatic amines is 1. The zero-order chi connectivity index (χ0) is 14.1. The van der Waals surface area contributed by atoms with Crippen molar-refractivity contribution in [2.75, 3.05) is 20.1 Å². The Labute approximate surface area is 116 Å². The van der Waals surface area contributed by atoms with E-state index in [9.17, 15) is 9.18 Å². The van der Waals surface area contributed by atoms with Crippen molar-refractivity contribution in [2.45, 2.75) is 18.9 Å². The maximum Gasteiger partial charge on any atom is 0.272 e. The summed E-state index contributed by atoms with van der Waals surface area (Å²) in [7, 11) is 2.06. The van der Waals surface area contributed by atoms with E-state index in [0.29, 0.717) is 18.0 Å². The van der Waals surface area contributed by atoms with E-state index in [0.717, 1.165) is 19.4 Å². The maximum absolute atomic E-state index is 13.5. The number of fused-ring (bicyclic) bond motifs is 1. The number of nitrogens with zero attached hydrogens (tertiary/aromatic N) is 2. The molecule has 0 spiro atoms. The smallest absolute Gasteiger partial charge is 0.272 e. The fraction of sp³-hybridized carbons (Fsp3) is 0.429. The number of amides is 1. The molecule has 20 heavy (non-hydrogen) atoms. The quantitative estimate of drug-likeness (QED) is 0.893. The molecular weight excluding hydrogens is 259 g/mol. The summed E-state index contributed by atoms with van der Waals surface area (Å²) in [5.74, 6) is -0.660. The Balaban J connectivity index is 1.74.